The quantitative estimate of drug-likeness (QED) is 0.837. The van der Waals surface area contributed by atoms with Crippen molar-refractivity contribution < 1.29 is 5.11 Å². The maximum Gasteiger partial charge on any atom is 0.0471 e. The van der Waals surface area contributed by atoms with E-state index in [1.807, 2.05) is 11.8 Å². The molecule has 2 saturated heterocycles. The molecule has 23 heavy (non-hydrogen) atoms. The van der Waals surface area contributed by atoms with Gasteiger partial charge in [-0.15, -0.1) is 11.8 Å². The number of likely N-dealkylation sites (tertiary alicyclic amines) is 2. The summed E-state index contributed by atoms with van der Waals surface area (Å²) in [7, 11) is 0. The second-order valence-electron chi connectivity index (χ2n) is 7.04. The fourth-order valence-electron chi connectivity index (χ4n) is 4.05. The monoisotopic (exact) mass is 334 g/mol. The Bertz CT molecular complexity index is 488. The van der Waals surface area contributed by atoms with Crippen molar-refractivity contribution in [3.05, 3.63) is 29.8 Å². The van der Waals surface area contributed by atoms with Crippen LogP contribution in [0.1, 0.15) is 31.2 Å². The first-order chi connectivity index (χ1) is 11.3. The molecular formula is C19H30N2OS. The van der Waals surface area contributed by atoms with Crippen LogP contribution in [0.2, 0.25) is 0 Å². The van der Waals surface area contributed by atoms with Crippen LogP contribution in [0.15, 0.2) is 29.2 Å². The normalized spacial score (nSPS) is 24.9. The molecule has 0 amide bonds. The average Bonchev–Trinajstić information content (AvgIpc) is 2.62. The molecule has 1 atom stereocenters. The summed E-state index contributed by atoms with van der Waals surface area (Å²) >= 11 is 1.82. The van der Waals surface area contributed by atoms with Gasteiger partial charge >= 0.3 is 0 Å². The van der Waals surface area contributed by atoms with Gasteiger partial charge in [0.15, 0.2) is 0 Å². The predicted molar refractivity (Wildman–Crippen MR) is 97.9 cm³/mol. The highest BCUT2D eigenvalue weighted by Crippen LogP contribution is 2.25. The van der Waals surface area contributed by atoms with Crippen LogP contribution in [0.5, 0.6) is 0 Å². The van der Waals surface area contributed by atoms with Crippen molar-refractivity contribution in [2.45, 2.75) is 43.2 Å². The van der Waals surface area contributed by atoms with E-state index < -0.39 is 0 Å². The molecular weight excluding hydrogens is 304 g/mol. The van der Waals surface area contributed by atoms with Gasteiger partial charge in [0.05, 0.1) is 0 Å². The van der Waals surface area contributed by atoms with Gasteiger partial charge in [0.2, 0.25) is 0 Å². The highest BCUT2D eigenvalue weighted by molar-refractivity contribution is 7.98. The zero-order valence-corrected chi connectivity index (χ0v) is 15.1. The zero-order valence-electron chi connectivity index (χ0n) is 14.3. The molecule has 0 spiro atoms. The molecule has 0 aromatic heterocycles. The summed E-state index contributed by atoms with van der Waals surface area (Å²) < 4.78 is 0. The van der Waals surface area contributed by atoms with Crippen molar-refractivity contribution in [2.24, 2.45) is 5.92 Å². The predicted octanol–water partition coefficient (Wildman–Crippen LogP) is 3.08. The van der Waals surface area contributed by atoms with Crippen LogP contribution in [0.4, 0.5) is 0 Å². The van der Waals surface area contributed by atoms with Gasteiger partial charge < -0.3 is 5.11 Å². The third-order valence-corrected chi connectivity index (χ3v) is 6.15. The lowest BCUT2D eigenvalue weighted by molar-refractivity contribution is 0.0526. The highest BCUT2D eigenvalue weighted by atomic mass is 32.2. The van der Waals surface area contributed by atoms with Gasteiger partial charge in [0.25, 0.3) is 0 Å². The Morgan fingerprint density at radius 1 is 1.17 bits per heavy atom. The minimum Gasteiger partial charge on any atom is -0.396 e. The molecule has 0 unspecified atom stereocenters. The first-order valence-electron chi connectivity index (χ1n) is 8.98. The first kappa shape index (κ1) is 17.3. The standard InChI is InChI=1S/C19H30N2OS/c1-23-19-6-2-4-16(12-19)13-20-10-7-18(8-11-20)21-9-3-5-17(14-21)15-22/h2,4,6,12,17-18,22H,3,5,7-11,13-15H2,1H3/t17-/m1/s1. The summed E-state index contributed by atoms with van der Waals surface area (Å²) in [4.78, 5) is 6.61. The van der Waals surface area contributed by atoms with Gasteiger partial charge in [-0.25, -0.2) is 0 Å². The van der Waals surface area contributed by atoms with Crippen molar-refractivity contribution in [2.75, 3.05) is 39.0 Å². The van der Waals surface area contributed by atoms with E-state index in [4.69, 9.17) is 0 Å². The summed E-state index contributed by atoms with van der Waals surface area (Å²) in [5.41, 5.74) is 1.44. The number of aliphatic hydroxyl groups is 1. The third kappa shape index (κ3) is 4.72. The summed E-state index contributed by atoms with van der Waals surface area (Å²) in [5, 5.41) is 9.42. The fourth-order valence-corrected chi connectivity index (χ4v) is 4.53. The molecule has 2 fully saturated rings. The zero-order chi connectivity index (χ0) is 16.1. The average molecular weight is 335 g/mol. The summed E-state index contributed by atoms with van der Waals surface area (Å²) in [6.07, 6.45) is 7.16. The molecule has 1 aromatic rings. The Hall–Kier alpha value is -0.550. The van der Waals surface area contributed by atoms with Gasteiger partial charge in [-0.05, 0) is 75.2 Å². The fraction of sp³-hybridized carbons (Fsp3) is 0.684. The molecule has 128 valence electrons. The molecule has 2 aliphatic rings. The van der Waals surface area contributed by atoms with E-state index in [0.717, 1.165) is 19.1 Å². The van der Waals surface area contributed by atoms with Crippen LogP contribution in [0.3, 0.4) is 0 Å². The molecule has 0 radical (unpaired) electrons. The van der Waals surface area contributed by atoms with Crippen molar-refractivity contribution in [3.8, 4) is 0 Å². The lowest BCUT2D eigenvalue weighted by atomic mass is 9.94. The molecule has 3 rings (SSSR count). The van der Waals surface area contributed by atoms with Crippen LogP contribution < -0.4 is 0 Å². The molecule has 3 nitrogen and oxygen atoms in total. The van der Waals surface area contributed by atoms with Crippen LogP contribution >= 0.6 is 11.8 Å². The molecule has 2 heterocycles. The molecule has 0 aliphatic carbocycles. The molecule has 1 aromatic carbocycles. The van der Waals surface area contributed by atoms with E-state index in [2.05, 4.69) is 40.3 Å². The van der Waals surface area contributed by atoms with E-state index in [9.17, 15) is 5.11 Å². The second kappa shape index (κ2) is 8.52. The van der Waals surface area contributed by atoms with Gasteiger partial charge in [-0.2, -0.15) is 0 Å². The Labute approximate surface area is 145 Å². The summed E-state index contributed by atoms with van der Waals surface area (Å²) in [6, 6.07) is 9.68. The molecule has 4 heteroatoms. The maximum atomic E-state index is 9.42. The molecule has 2 aliphatic heterocycles. The third-order valence-electron chi connectivity index (χ3n) is 5.42. The van der Waals surface area contributed by atoms with E-state index >= 15 is 0 Å². The number of aliphatic hydroxyl groups excluding tert-OH is 1. The van der Waals surface area contributed by atoms with Gasteiger partial charge in [0.1, 0.15) is 0 Å². The Kier molecular flexibility index (Phi) is 6.40. The van der Waals surface area contributed by atoms with E-state index in [0.29, 0.717) is 12.5 Å². The minimum absolute atomic E-state index is 0.362. The maximum absolute atomic E-state index is 9.42. The lowest BCUT2D eigenvalue weighted by Gasteiger charge is -2.42. The van der Waals surface area contributed by atoms with Gasteiger partial charge in [-0.1, -0.05) is 12.1 Å². The largest absolute Gasteiger partial charge is 0.396 e. The first-order valence-corrected chi connectivity index (χ1v) is 10.2. The summed E-state index contributed by atoms with van der Waals surface area (Å²) in [6.45, 7) is 6.19. The van der Waals surface area contributed by atoms with Crippen molar-refractivity contribution in [3.63, 3.8) is 0 Å². The number of piperidine rings is 2. The number of nitrogens with zero attached hydrogens (tertiary/aromatic N) is 2. The van der Waals surface area contributed by atoms with Gasteiger partial charge in [0, 0.05) is 30.6 Å². The number of thioether (sulfide) groups is 1. The number of benzene rings is 1. The second-order valence-corrected chi connectivity index (χ2v) is 7.92. The number of hydrogen-bond donors (Lipinski definition) is 1. The smallest absolute Gasteiger partial charge is 0.0471 e. The van der Waals surface area contributed by atoms with Crippen molar-refractivity contribution in [1.29, 1.82) is 0 Å². The van der Waals surface area contributed by atoms with Crippen molar-refractivity contribution >= 4 is 11.8 Å². The Morgan fingerprint density at radius 3 is 2.74 bits per heavy atom. The topological polar surface area (TPSA) is 26.7 Å². The van der Waals surface area contributed by atoms with Crippen LogP contribution in [-0.4, -0.2) is 60.0 Å². The van der Waals surface area contributed by atoms with Crippen LogP contribution in [0.25, 0.3) is 0 Å². The number of hydrogen-bond acceptors (Lipinski definition) is 4. The van der Waals surface area contributed by atoms with E-state index in [1.54, 1.807) is 0 Å². The van der Waals surface area contributed by atoms with Gasteiger partial charge in [-0.3, -0.25) is 9.80 Å². The Morgan fingerprint density at radius 2 is 2.00 bits per heavy atom. The minimum atomic E-state index is 0.362. The highest BCUT2D eigenvalue weighted by Gasteiger charge is 2.28. The molecule has 0 bridgehead atoms. The lowest BCUT2D eigenvalue weighted by Crippen LogP contribution is -2.48. The molecule has 1 N–H and O–H groups in total. The van der Waals surface area contributed by atoms with Crippen molar-refractivity contribution in [1.82, 2.24) is 9.80 Å². The SMILES string of the molecule is CSc1cccc(CN2CCC(N3CCC[C@@H](CO)C3)CC2)c1. The number of rotatable bonds is 5. The van der Waals surface area contributed by atoms with Crippen LogP contribution in [0, 0.1) is 5.92 Å². The van der Waals surface area contributed by atoms with Crippen LogP contribution in [-0.2, 0) is 6.54 Å². The Balaban J connectivity index is 1.48. The summed E-state index contributed by atoms with van der Waals surface area (Å²) in [5.74, 6) is 0.510. The molecule has 0 saturated carbocycles. The van der Waals surface area contributed by atoms with E-state index in [1.165, 1.54) is 55.8 Å². The van der Waals surface area contributed by atoms with E-state index in [-0.39, 0.29) is 0 Å².